The van der Waals surface area contributed by atoms with Crippen LogP contribution in [0.3, 0.4) is 0 Å². The molecule has 3 rings (SSSR count). The first-order chi connectivity index (χ1) is 16.9. The number of carbonyl (C=O) groups is 3. The molecule has 9 heteroatoms. The topological polar surface area (TPSA) is 118 Å². The number of nitrogens with zero attached hydrogens (tertiary/aromatic N) is 1. The van der Waals surface area contributed by atoms with Gasteiger partial charge in [0.25, 0.3) is 11.8 Å². The number of hydrogen-bond donors (Lipinski definition) is 2. The van der Waals surface area contributed by atoms with Crippen molar-refractivity contribution in [1.29, 1.82) is 5.26 Å². The van der Waals surface area contributed by atoms with Crippen molar-refractivity contribution in [3.8, 4) is 11.8 Å². The number of para-hydroxylation sites is 1. The normalized spacial score (nSPS) is 10.6. The molecule has 0 aliphatic carbocycles. The summed E-state index contributed by atoms with van der Waals surface area (Å²) in [6.45, 7) is -0.258. The zero-order valence-corrected chi connectivity index (χ0v) is 19.3. The molecule has 0 aliphatic rings. The maximum Gasteiger partial charge on any atom is 0.337 e. The summed E-state index contributed by atoms with van der Waals surface area (Å²) in [6.07, 6.45) is 1.40. The molecule has 0 saturated heterocycles. The molecule has 0 radical (unpaired) electrons. The zero-order chi connectivity index (χ0) is 25.2. The Morgan fingerprint density at radius 3 is 2.43 bits per heavy atom. The van der Waals surface area contributed by atoms with Gasteiger partial charge in [0.15, 0.2) is 6.61 Å². The van der Waals surface area contributed by atoms with Gasteiger partial charge in [-0.3, -0.25) is 9.59 Å². The average molecular weight is 490 g/mol. The number of carbonyl (C=O) groups excluding carboxylic acids is 3. The molecular formula is C26H20ClN3O5. The second kappa shape index (κ2) is 12.0. The SMILES string of the molecule is COC(=O)c1ccc(NC(=O)/C(C#N)=C\c2cccc(OCC(=O)Nc3ccccc3Cl)c2)cc1. The van der Waals surface area contributed by atoms with E-state index in [1.807, 2.05) is 6.07 Å². The molecule has 176 valence electrons. The summed E-state index contributed by atoms with van der Waals surface area (Å²) in [5.74, 6) is -1.13. The number of nitrogens with one attached hydrogen (secondary N) is 2. The van der Waals surface area contributed by atoms with E-state index in [1.54, 1.807) is 48.5 Å². The van der Waals surface area contributed by atoms with E-state index in [4.69, 9.17) is 16.3 Å². The van der Waals surface area contributed by atoms with Crippen LogP contribution in [0, 0.1) is 11.3 Å². The first kappa shape index (κ1) is 25.0. The minimum absolute atomic E-state index is 0.143. The standard InChI is InChI=1S/C26H20ClN3O5/c1-34-26(33)18-9-11-20(12-10-18)29-25(32)19(15-28)13-17-5-4-6-21(14-17)35-16-24(31)30-23-8-3-2-7-22(23)27/h2-14H,16H2,1H3,(H,29,32)(H,30,31)/b19-13-. The molecule has 3 aromatic rings. The predicted molar refractivity (Wildman–Crippen MR) is 132 cm³/mol. The maximum absolute atomic E-state index is 12.5. The number of nitriles is 1. The Hall–Kier alpha value is -4.61. The highest BCUT2D eigenvalue weighted by atomic mass is 35.5. The number of amides is 2. The largest absolute Gasteiger partial charge is 0.484 e. The van der Waals surface area contributed by atoms with Crippen LogP contribution in [-0.2, 0) is 14.3 Å². The minimum Gasteiger partial charge on any atom is -0.484 e. The Labute approximate surface area is 206 Å². The molecule has 0 fully saturated rings. The average Bonchev–Trinajstić information content (AvgIpc) is 2.87. The molecule has 0 aromatic heterocycles. The molecule has 2 N–H and O–H groups in total. The molecule has 0 bridgehead atoms. The molecule has 0 saturated carbocycles. The van der Waals surface area contributed by atoms with Gasteiger partial charge in [-0.1, -0.05) is 35.9 Å². The lowest BCUT2D eigenvalue weighted by Crippen LogP contribution is -2.20. The van der Waals surface area contributed by atoms with E-state index in [-0.39, 0.29) is 12.2 Å². The molecule has 3 aromatic carbocycles. The Morgan fingerprint density at radius 1 is 1.00 bits per heavy atom. The fraction of sp³-hybridized carbons (Fsp3) is 0.0769. The zero-order valence-electron chi connectivity index (χ0n) is 18.6. The van der Waals surface area contributed by atoms with E-state index in [0.29, 0.717) is 33.3 Å². The van der Waals surface area contributed by atoms with Gasteiger partial charge < -0.3 is 20.1 Å². The van der Waals surface area contributed by atoms with E-state index < -0.39 is 17.8 Å². The van der Waals surface area contributed by atoms with Crippen molar-refractivity contribution < 1.29 is 23.9 Å². The Morgan fingerprint density at radius 2 is 1.74 bits per heavy atom. The van der Waals surface area contributed by atoms with Crippen molar-refractivity contribution in [3.63, 3.8) is 0 Å². The number of rotatable bonds is 8. The quantitative estimate of drug-likeness (QED) is 0.269. The summed E-state index contributed by atoms with van der Waals surface area (Å²) in [7, 11) is 1.28. The molecule has 35 heavy (non-hydrogen) atoms. The van der Waals surface area contributed by atoms with Crippen molar-refractivity contribution in [2.75, 3.05) is 24.4 Å². The summed E-state index contributed by atoms with van der Waals surface area (Å²) in [4.78, 5) is 36.2. The first-order valence-electron chi connectivity index (χ1n) is 10.3. The molecule has 0 heterocycles. The molecule has 0 atom stereocenters. The van der Waals surface area contributed by atoms with Gasteiger partial charge in [-0.25, -0.2) is 4.79 Å². The fourth-order valence-corrected chi connectivity index (χ4v) is 3.10. The number of anilines is 2. The van der Waals surface area contributed by atoms with Crippen LogP contribution < -0.4 is 15.4 Å². The molecule has 0 unspecified atom stereocenters. The monoisotopic (exact) mass is 489 g/mol. The number of halogens is 1. The minimum atomic E-state index is -0.622. The van der Waals surface area contributed by atoms with Gasteiger partial charge >= 0.3 is 5.97 Å². The number of methoxy groups -OCH3 is 1. The number of esters is 1. The lowest BCUT2D eigenvalue weighted by Gasteiger charge is -2.09. The van der Waals surface area contributed by atoms with Gasteiger partial charge in [-0.05, 0) is 60.2 Å². The van der Waals surface area contributed by atoms with Crippen LogP contribution in [0.15, 0.2) is 78.4 Å². The lowest BCUT2D eigenvalue weighted by atomic mass is 10.1. The summed E-state index contributed by atoms with van der Waals surface area (Å²) in [6, 6.07) is 21.4. The van der Waals surface area contributed by atoms with Crippen molar-refractivity contribution in [3.05, 3.63) is 94.5 Å². The van der Waals surface area contributed by atoms with Crippen molar-refractivity contribution in [2.24, 2.45) is 0 Å². The van der Waals surface area contributed by atoms with Crippen LogP contribution in [0.4, 0.5) is 11.4 Å². The maximum atomic E-state index is 12.5. The van der Waals surface area contributed by atoms with E-state index >= 15 is 0 Å². The van der Waals surface area contributed by atoms with Crippen LogP contribution in [0.25, 0.3) is 6.08 Å². The summed E-state index contributed by atoms with van der Waals surface area (Å²) in [5, 5.41) is 15.1. The molecule has 0 spiro atoms. The Balaban J connectivity index is 1.63. The van der Waals surface area contributed by atoms with Gasteiger partial charge in [0.05, 0.1) is 23.4 Å². The highest BCUT2D eigenvalue weighted by Crippen LogP contribution is 2.21. The van der Waals surface area contributed by atoms with Gasteiger partial charge in [0.2, 0.25) is 0 Å². The van der Waals surface area contributed by atoms with Crippen molar-refractivity contribution in [1.82, 2.24) is 0 Å². The van der Waals surface area contributed by atoms with Crippen LogP contribution in [0.5, 0.6) is 5.75 Å². The van der Waals surface area contributed by atoms with E-state index in [1.165, 1.54) is 37.5 Å². The lowest BCUT2D eigenvalue weighted by molar-refractivity contribution is -0.118. The first-order valence-corrected chi connectivity index (χ1v) is 10.7. The number of ether oxygens (including phenoxy) is 2. The van der Waals surface area contributed by atoms with Crippen LogP contribution in [0.2, 0.25) is 5.02 Å². The highest BCUT2D eigenvalue weighted by molar-refractivity contribution is 6.33. The van der Waals surface area contributed by atoms with Crippen molar-refractivity contribution >= 4 is 46.8 Å². The summed E-state index contributed by atoms with van der Waals surface area (Å²) >= 11 is 6.03. The fourth-order valence-electron chi connectivity index (χ4n) is 2.91. The third kappa shape index (κ3) is 7.19. The number of hydrogen-bond acceptors (Lipinski definition) is 6. The third-order valence-corrected chi connectivity index (χ3v) is 4.95. The highest BCUT2D eigenvalue weighted by Gasteiger charge is 2.12. The van der Waals surface area contributed by atoms with Crippen LogP contribution >= 0.6 is 11.6 Å². The van der Waals surface area contributed by atoms with Crippen LogP contribution in [-0.4, -0.2) is 31.5 Å². The van der Waals surface area contributed by atoms with Gasteiger partial charge in [0, 0.05) is 5.69 Å². The summed E-state index contributed by atoms with van der Waals surface area (Å²) < 4.78 is 10.2. The second-order valence-electron chi connectivity index (χ2n) is 7.08. The Kier molecular flexibility index (Phi) is 8.59. The smallest absolute Gasteiger partial charge is 0.337 e. The molecule has 0 aliphatic heterocycles. The predicted octanol–water partition coefficient (Wildman–Crippen LogP) is 4.69. The van der Waals surface area contributed by atoms with E-state index in [0.717, 1.165) is 0 Å². The second-order valence-corrected chi connectivity index (χ2v) is 7.49. The van der Waals surface area contributed by atoms with Crippen molar-refractivity contribution in [2.45, 2.75) is 0 Å². The van der Waals surface area contributed by atoms with Gasteiger partial charge in [0.1, 0.15) is 17.4 Å². The number of benzene rings is 3. The Bertz CT molecular complexity index is 1310. The van der Waals surface area contributed by atoms with Gasteiger partial charge in [-0.15, -0.1) is 0 Å². The van der Waals surface area contributed by atoms with E-state index in [9.17, 15) is 19.6 Å². The van der Waals surface area contributed by atoms with E-state index in [2.05, 4.69) is 15.4 Å². The third-order valence-electron chi connectivity index (χ3n) is 4.62. The van der Waals surface area contributed by atoms with Crippen LogP contribution in [0.1, 0.15) is 15.9 Å². The molecular weight excluding hydrogens is 470 g/mol. The van der Waals surface area contributed by atoms with Gasteiger partial charge in [-0.2, -0.15) is 5.26 Å². The molecule has 2 amide bonds. The molecule has 8 nitrogen and oxygen atoms in total. The summed E-state index contributed by atoms with van der Waals surface area (Å²) in [5.41, 5.74) is 1.60.